The van der Waals surface area contributed by atoms with Crippen molar-refractivity contribution in [2.45, 2.75) is 45.9 Å². The number of carbonyl (C=O) groups excluding carboxylic acids is 1. The summed E-state index contributed by atoms with van der Waals surface area (Å²) in [5, 5.41) is 10.2. The fourth-order valence-electron chi connectivity index (χ4n) is 3.22. The Morgan fingerprint density at radius 1 is 0.963 bits per heavy atom. The number of ether oxygens (including phenoxy) is 1. The average Bonchev–Trinajstić information content (AvgIpc) is 2.64. The van der Waals surface area contributed by atoms with Crippen molar-refractivity contribution in [1.82, 2.24) is 4.90 Å². The molecular formula is C23H27NO3. The molecule has 27 heavy (non-hydrogen) atoms. The molecule has 0 bridgehead atoms. The van der Waals surface area contributed by atoms with Crippen LogP contribution in [0.15, 0.2) is 72.6 Å². The van der Waals surface area contributed by atoms with Gasteiger partial charge >= 0.3 is 0 Å². The molecule has 0 aliphatic carbocycles. The molecule has 0 saturated heterocycles. The lowest BCUT2D eigenvalue weighted by molar-refractivity contribution is -0.151. The van der Waals surface area contributed by atoms with Crippen LogP contribution in [0.5, 0.6) is 0 Å². The lowest BCUT2D eigenvalue weighted by Crippen LogP contribution is -2.49. The van der Waals surface area contributed by atoms with E-state index in [9.17, 15) is 9.90 Å². The second-order valence-corrected chi connectivity index (χ2v) is 7.99. The maximum atomic E-state index is 13.2. The van der Waals surface area contributed by atoms with E-state index in [1.165, 1.54) is 0 Å². The summed E-state index contributed by atoms with van der Waals surface area (Å²) < 4.78 is 5.90. The number of rotatable bonds is 4. The van der Waals surface area contributed by atoms with Crippen molar-refractivity contribution in [1.29, 1.82) is 0 Å². The molecule has 1 heterocycles. The van der Waals surface area contributed by atoms with Crippen LogP contribution in [0.1, 0.15) is 44.9 Å². The van der Waals surface area contributed by atoms with E-state index in [2.05, 4.69) is 0 Å². The van der Waals surface area contributed by atoms with E-state index >= 15 is 0 Å². The molecule has 0 spiro atoms. The van der Waals surface area contributed by atoms with Crippen LogP contribution < -0.4 is 0 Å². The van der Waals surface area contributed by atoms with Gasteiger partial charge in [0.05, 0.1) is 12.1 Å². The molecule has 2 aromatic rings. The van der Waals surface area contributed by atoms with Crippen molar-refractivity contribution in [3.63, 3.8) is 0 Å². The van der Waals surface area contributed by atoms with E-state index in [1.807, 2.05) is 81.4 Å². The van der Waals surface area contributed by atoms with Crippen LogP contribution in [0.25, 0.3) is 0 Å². The predicted molar refractivity (Wildman–Crippen MR) is 106 cm³/mol. The van der Waals surface area contributed by atoms with Crippen LogP contribution in [-0.2, 0) is 9.53 Å². The van der Waals surface area contributed by atoms with Gasteiger partial charge in [-0.25, -0.2) is 0 Å². The highest BCUT2D eigenvalue weighted by atomic mass is 16.5. The van der Waals surface area contributed by atoms with Gasteiger partial charge in [0.2, 0.25) is 6.10 Å². The van der Waals surface area contributed by atoms with Crippen molar-refractivity contribution in [2.75, 3.05) is 0 Å². The number of amides is 1. The van der Waals surface area contributed by atoms with E-state index in [0.717, 1.165) is 11.1 Å². The first-order valence-corrected chi connectivity index (χ1v) is 9.28. The molecule has 0 unspecified atom stereocenters. The molecule has 1 aliphatic rings. The minimum absolute atomic E-state index is 0.240. The molecule has 142 valence electrons. The van der Waals surface area contributed by atoms with E-state index in [1.54, 1.807) is 18.0 Å². The van der Waals surface area contributed by atoms with Crippen molar-refractivity contribution < 1.29 is 14.6 Å². The molecular weight excluding hydrogens is 338 g/mol. The Kier molecular flexibility index (Phi) is 5.38. The van der Waals surface area contributed by atoms with Gasteiger partial charge in [0.25, 0.3) is 5.91 Å². The van der Waals surface area contributed by atoms with E-state index in [-0.39, 0.29) is 17.4 Å². The summed E-state index contributed by atoms with van der Waals surface area (Å²) in [6.07, 6.45) is -0.0244. The summed E-state index contributed by atoms with van der Waals surface area (Å²) in [6.45, 7) is 7.69. The number of hydrogen-bond acceptors (Lipinski definition) is 3. The fourth-order valence-corrected chi connectivity index (χ4v) is 3.22. The molecule has 3 rings (SSSR count). The van der Waals surface area contributed by atoms with Crippen LogP contribution >= 0.6 is 0 Å². The van der Waals surface area contributed by atoms with Gasteiger partial charge in [0, 0.05) is 11.6 Å². The van der Waals surface area contributed by atoms with Crippen LogP contribution in [0, 0.1) is 5.41 Å². The Hall–Kier alpha value is -2.59. The normalized spacial score (nSPS) is 18.9. The van der Waals surface area contributed by atoms with E-state index < -0.39 is 12.2 Å². The smallest absolute Gasteiger partial charge is 0.271 e. The van der Waals surface area contributed by atoms with E-state index in [4.69, 9.17) is 4.74 Å². The SMILES string of the molecule is C[C@@H](O)[C@@H]1OC(C(C)(C)C)=CN(C(c2ccccc2)c2ccccc2)C1=O. The van der Waals surface area contributed by atoms with Gasteiger partial charge in [0.1, 0.15) is 5.76 Å². The van der Waals surface area contributed by atoms with Gasteiger partial charge in [-0.1, -0.05) is 81.4 Å². The first-order chi connectivity index (χ1) is 12.8. The number of aliphatic hydroxyl groups is 1. The van der Waals surface area contributed by atoms with Crippen LogP contribution in [0.3, 0.4) is 0 Å². The van der Waals surface area contributed by atoms with Crippen molar-refractivity contribution in [2.24, 2.45) is 5.41 Å². The highest BCUT2D eigenvalue weighted by Gasteiger charge is 2.40. The Morgan fingerprint density at radius 3 is 1.85 bits per heavy atom. The molecule has 1 N–H and O–H groups in total. The molecule has 1 aliphatic heterocycles. The molecule has 4 nitrogen and oxygen atoms in total. The topological polar surface area (TPSA) is 49.8 Å². The van der Waals surface area contributed by atoms with Gasteiger partial charge < -0.3 is 14.7 Å². The molecule has 4 heteroatoms. The Balaban J connectivity index is 2.15. The zero-order valence-electron chi connectivity index (χ0n) is 16.3. The molecule has 0 aromatic heterocycles. The maximum absolute atomic E-state index is 13.2. The number of allylic oxidation sites excluding steroid dienone is 1. The van der Waals surface area contributed by atoms with Gasteiger partial charge in [-0.2, -0.15) is 0 Å². The third-order valence-corrected chi connectivity index (χ3v) is 4.69. The number of carbonyl (C=O) groups is 1. The molecule has 0 saturated carbocycles. The second kappa shape index (κ2) is 7.57. The number of hydrogen-bond donors (Lipinski definition) is 1. The number of benzene rings is 2. The summed E-state index contributed by atoms with van der Waals surface area (Å²) >= 11 is 0. The maximum Gasteiger partial charge on any atom is 0.271 e. The summed E-state index contributed by atoms with van der Waals surface area (Å²) in [6, 6.07) is 19.6. The molecule has 2 atom stereocenters. The Labute approximate surface area is 161 Å². The first kappa shape index (κ1) is 19.2. The standard InChI is InChI=1S/C23H27NO3/c1-16(25)21-22(26)24(15-19(27-21)23(2,3)4)20(17-11-7-5-8-12-17)18-13-9-6-10-14-18/h5-16,20-21,25H,1-4H3/t16-,21+/m1/s1. The Bertz CT molecular complexity index is 767. The largest absolute Gasteiger partial charge is 0.480 e. The van der Waals surface area contributed by atoms with Gasteiger partial charge in [0.15, 0.2) is 0 Å². The zero-order chi connectivity index (χ0) is 19.6. The lowest BCUT2D eigenvalue weighted by atomic mass is 9.91. The second-order valence-electron chi connectivity index (χ2n) is 7.99. The summed E-state index contributed by atoms with van der Waals surface area (Å²) in [7, 11) is 0. The monoisotopic (exact) mass is 365 g/mol. The predicted octanol–water partition coefficient (Wildman–Crippen LogP) is 4.27. The first-order valence-electron chi connectivity index (χ1n) is 9.28. The Morgan fingerprint density at radius 2 is 1.44 bits per heavy atom. The minimum atomic E-state index is -0.917. The fraction of sp³-hybridized carbons (Fsp3) is 0.348. The van der Waals surface area contributed by atoms with Gasteiger partial charge in [-0.15, -0.1) is 0 Å². The highest BCUT2D eigenvalue weighted by Crippen LogP contribution is 2.37. The van der Waals surface area contributed by atoms with Crippen molar-refractivity contribution >= 4 is 5.91 Å². The molecule has 1 amide bonds. The van der Waals surface area contributed by atoms with Crippen LogP contribution in [0.4, 0.5) is 0 Å². The minimum Gasteiger partial charge on any atom is -0.480 e. The van der Waals surface area contributed by atoms with Gasteiger partial charge in [-0.05, 0) is 18.1 Å². The lowest BCUT2D eigenvalue weighted by Gasteiger charge is -2.40. The quantitative estimate of drug-likeness (QED) is 0.880. The van der Waals surface area contributed by atoms with Crippen LogP contribution in [-0.4, -0.2) is 28.1 Å². The number of aliphatic hydroxyl groups excluding tert-OH is 1. The van der Waals surface area contributed by atoms with E-state index in [0.29, 0.717) is 5.76 Å². The third kappa shape index (κ3) is 4.06. The van der Waals surface area contributed by atoms with Crippen molar-refractivity contribution in [3.8, 4) is 0 Å². The summed E-state index contributed by atoms with van der Waals surface area (Å²) in [5.74, 6) is 0.445. The van der Waals surface area contributed by atoms with Crippen LogP contribution in [0.2, 0.25) is 0 Å². The molecule has 0 radical (unpaired) electrons. The van der Waals surface area contributed by atoms with Gasteiger partial charge in [-0.3, -0.25) is 4.79 Å². The third-order valence-electron chi connectivity index (χ3n) is 4.69. The van der Waals surface area contributed by atoms with Crippen molar-refractivity contribution in [3.05, 3.63) is 83.7 Å². The summed E-state index contributed by atoms with van der Waals surface area (Å²) in [5.41, 5.74) is 1.73. The average molecular weight is 365 g/mol. The zero-order valence-corrected chi connectivity index (χ0v) is 16.3. The molecule has 0 fully saturated rings. The summed E-state index contributed by atoms with van der Waals surface area (Å²) in [4.78, 5) is 14.9. The number of nitrogens with zero attached hydrogens (tertiary/aromatic N) is 1. The molecule has 2 aromatic carbocycles. The highest BCUT2D eigenvalue weighted by molar-refractivity contribution is 5.84.